The van der Waals surface area contributed by atoms with Crippen LogP contribution in [-0.2, 0) is 0 Å². The molecule has 2 heteroatoms. The maximum absolute atomic E-state index is 3.76. The van der Waals surface area contributed by atoms with Gasteiger partial charge in [0.15, 0.2) is 0 Å². The minimum atomic E-state index is 0.584. The molecule has 0 aromatic carbocycles. The fraction of sp³-hybridized carbons (Fsp3) is 0.857. The molecule has 0 rings (SSSR count). The number of hydrogen-bond acceptors (Lipinski definition) is 2. The fourth-order valence-corrected chi connectivity index (χ4v) is 1.72. The van der Waals surface area contributed by atoms with Gasteiger partial charge >= 0.3 is 0 Å². The SMILES string of the molecule is C=CCCCN(C)C(C)C(C)CNC(C)C. The summed E-state index contributed by atoms with van der Waals surface area (Å²) in [5.41, 5.74) is 0. The Morgan fingerprint density at radius 2 is 1.88 bits per heavy atom. The summed E-state index contributed by atoms with van der Waals surface area (Å²) in [6.07, 6.45) is 4.34. The summed E-state index contributed by atoms with van der Waals surface area (Å²) in [5.74, 6) is 0.691. The average Bonchev–Trinajstić information content (AvgIpc) is 2.24. The van der Waals surface area contributed by atoms with Crippen LogP contribution in [0.25, 0.3) is 0 Å². The predicted octanol–water partition coefficient (Wildman–Crippen LogP) is 2.91. The minimum Gasteiger partial charge on any atom is -0.314 e. The summed E-state index contributed by atoms with van der Waals surface area (Å²) < 4.78 is 0. The number of nitrogens with zero attached hydrogens (tertiary/aromatic N) is 1. The molecule has 0 amide bonds. The van der Waals surface area contributed by atoms with Crippen molar-refractivity contribution in [2.24, 2.45) is 5.92 Å². The van der Waals surface area contributed by atoms with E-state index in [-0.39, 0.29) is 0 Å². The van der Waals surface area contributed by atoms with Crippen molar-refractivity contribution in [1.29, 1.82) is 0 Å². The van der Waals surface area contributed by atoms with Gasteiger partial charge in [0.1, 0.15) is 0 Å². The zero-order valence-electron chi connectivity index (χ0n) is 11.8. The fourth-order valence-electron chi connectivity index (χ4n) is 1.72. The topological polar surface area (TPSA) is 15.3 Å². The lowest BCUT2D eigenvalue weighted by molar-refractivity contribution is 0.193. The molecular weight excluding hydrogens is 196 g/mol. The molecule has 0 bridgehead atoms. The van der Waals surface area contributed by atoms with Gasteiger partial charge in [0.05, 0.1) is 0 Å². The van der Waals surface area contributed by atoms with Crippen molar-refractivity contribution in [1.82, 2.24) is 10.2 Å². The standard InChI is InChI=1S/C14H30N2/c1-7-8-9-10-16(6)14(5)13(4)11-15-12(2)3/h7,12-15H,1,8-11H2,2-6H3. The molecule has 2 nitrogen and oxygen atoms in total. The van der Waals surface area contributed by atoms with Crippen molar-refractivity contribution in [3.05, 3.63) is 12.7 Å². The normalized spacial score (nSPS) is 15.4. The van der Waals surface area contributed by atoms with Crippen LogP contribution in [0.3, 0.4) is 0 Å². The molecule has 0 aliphatic heterocycles. The number of unbranched alkanes of at least 4 members (excludes halogenated alkanes) is 1. The Kier molecular flexibility index (Phi) is 8.58. The molecular formula is C14H30N2. The number of nitrogens with one attached hydrogen (secondary N) is 1. The molecule has 0 heterocycles. The van der Waals surface area contributed by atoms with Crippen molar-refractivity contribution in [2.45, 2.75) is 52.6 Å². The lowest BCUT2D eigenvalue weighted by atomic mass is 10.0. The molecule has 0 aliphatic rings. The van der Waals surface area contributed by atoms with E-state index in [0.717, 1.165) is 13.0 Å². The first-order chi connectivity index (χ1) is 7.49. The maximum Gasteiger partial charge on any atom is 0.0102 e. The van der Waals surface area contributed by atoms with Gasteiger partial charge in [-0.3, -0.25) is 0 Å². The van der Waals surface area contributed by atoms with E-state index < -0.39 is 0 Å². The molecule has 0 spiro atoms. The second-order valence-corrected chi connectivity index (χ2v) is 5.19. The summed E-state index contributed by atoms with van der Waals surface area (Å²) >= 11 is 0. The average molecular weight is 226 g/mol. The largest absolute Gasteiger partial charge is 0.314 e. The molecule has 16 heavy (non-hydrogen) atoms. The van der Waals surface area contributed by atoms with Crippen LogP contribution in [0.5, 0.6) is 0 Å². The van der Waals surface area contributed by atoms with Gasteiger partial charge in [-0.05, 0) is 45.8 Å². The van der Waals surface area contributed by atoms with E-state index in [2.05, 4.69) is 51.5 Å². The van der Waals surface area contributed by atoms with Crippen molar-refractivity contribution in [3.63, 3.8) is 0 Å². The van der Waals surface area contributed by atoms with E-state index in [4.69, 9.17) is 0 Å². The van der Waals surface area contributed by atoms with Crippen LogP contribution >= 0.6 is 0 Å². The summed E-state index contributed by atoms with van der Waals surface area (Å²) in [7, 11) is 2.22. The van der Waals surface area contributed by atoms with E-state index >= 15 is 0 Å². The molecule has 0 fully saturated rings. The zero-order valence-corrected chi connectivity index (χ0v) is 11.8. The molecule has 0 saturated carbocycles. The van der Waals surface area contributed by atoms with Gasteiger partial charge in [0, 0.05) is 12.1 Å². The monoisotopic (exact) mass is 226 g/mol. The van der Waals surface area contributed by atoms with E-state index in [0.29, 0.717) is 18.0 Å². The van der Waals surface area contributed by atoms with Gasteiger partial charge in [0.25, 0.3) is 0 Å². The van der Waals surface area contributed by atoms with Gasteiger partial charge < -0.3 is 10.2 Å². The van der Waals surface area contributed by atoms with Crippen molar-refractivity contribution in [3.8, 4) is 0 Å². The summed E-state index contributed by atoms with van der Waals surface area (Å²) in [6.45, 7) is 15.1. The smallest absolute Gasteiger partial charge is 0.0102 e. The van der Waals surface area contributed by atoms with Crippen LogP contribution in [0.15, 0.2) is 12.7 Å². The highest BCUT2D eigenvalue weighted by atomic mass is 15.1. The predicted molar refractivity (Wildman–Crippen MR) is 73.8 cm³/mol. The maximum atomic E-state index is 3.76. The molecule has 0 aliphatic carbocycles. The first-order valence-corrected chi connectivity index (χ1v) is 6.53. The summed E-state index contributed by atoms with van der Waals surface area (Å²) in [4.78, 5) is 2.45. The van der Waals surface area contributed by atoms with E-state index in [1.807, 2.05) is 6.08 Å². The number of hydrogen-bond donors (Lipinski definition) is 1. The Bertz CT molecular complexity index is 178. The minimum absolute atomic E-state index is 0.584. The quantitative estimate of drug-likeness (QED) is 0.480. The Morgan fingerprint density at radius 3 is 2.38 bits per heavy atom. The van der Waals surface area contributed by atoms with Gasteiger partial charge in [-0.2, -0.15) is 0 Å². The van der Waals surface area contributed by atoms with E-state index in [9.17, 15) is 0 Å². The second-order valence-electron chi connectivity index (χ2n) is 5.19. The van der Waals surface area contributed by atoms with Crippen LogP contribution in [0.4, 0.5) is 0 Å². The molecule has 2 atom stereocenters. The summed E-state index contributed by atoms with van der Waals surface area (Å²) in [6, 6.07) is 1.22. The van der Waals surface area contributed by atoms with Crippen LogP contribution in [0.2, 0.25) is 0 Å². The molecule has 0 saturated heterocycles. The van der Waals surface area contributed by atoms with Crippen LogP contribution in [0.1, 0.15) is 40.5 Å². The van der Waals surface area contributed by atoms with Crippen LogP contribution in [-0.4, -0.2) is 37.1 Å². The molecule has 0 aromatic heterocycles. The summed E-state index contributed by atoms with van der Waals surface area (Å²) in [5, 5.41) is 3.51. The van der Waals surface area contributed by atoms with Crippen molar-refractivity contribution in [2.75, 3.05) is 20.1 Å². The molecule has 0 radical (unpaired) electrons. The molecule has 0 aromatic rings. The van der Waals surface area contributed by atoms with Crippen LogP contribution < -0.4 is 5.32 Å². The first kappa shape index (κ1) is 15.7. The van der Waals surface area contributed by atoms with Crippen molar-refractivity contribution >= 4 is 0 Å². The van der Waals surface area contributed by atoms with Gasteiger partial charge in [0.2, 0.25) is 0 Å². The Labute approximate surface area is 102 Å². The highest BCUT2D eigenvalue weighted by molar-refractivity contribution is 4.74. The highest BCUT2D eigenvalue weighted by Gasteiger charge is 2.16. The first-order valence-electron chi connectivity index (χ1n) is 6.53. The number of rotatable bonds is 9. The highest BCUT2D eigenvalue weighted by Crippen LogP contribution is 2.09. The van der Waals surface area contributed by atoms with E-state index in [1.54, 1.807) is 0 Å². The van der Waals surface area contributed by atoms with Crippen molar-refractivity contribution < 1.29 is 0 Å². The molecule has 96 valence electrons. The molecule has 2 unspecified atom stereocenters. The van der Waals surface area contributed by atoms with Gasteiger partial charge in [-0.25, -0.2) is 0 Å². The Balaban J connectivity index is 3.81. The second kappa shape index (κ2) is 8.77. The van der Waals surface area contributed by atoms with Crippen LogP contribution in [0, 0.1) is 5.92 Å². The van der Waals surface area contributed by atoms with E-state index in [1.165, 1.54) is 13.0 Å². The van der Waals surface area contributed by atoms with Gasteiger partial charge in [-0.1, -0.05) is 26.8 Å². The Hall–Kier alpha value is -0.340. The number of allylic oxidation sites excluding steroid dienone is 1. The third-order valence-corrected chi connectivity index (χ3v) is 3.29. The zero-order chi connectivity index (χ0) is 12.6. The lowest BCUT2D eigenvalue weighted by Gasteiger charge is -2.30. The third kappa shape index (κ3) is 7.02. The Morgan fingerprint density at radius 1 is 1.25 bits per heavy atom. The third-order valence-electron chi connectivity index (χ3n) is 3.29. The van der Waals surface area contributed by atoms with Gasteiger partial charge in [-0.15, -0.1) is 6.58 Å². The lowest BCUT2D eigenvalue weighted by Crippen LogP contribution is -2.40. The molecule has 1 N–H and O–H groups in total.